The molecule has 2 heterocycles. The van der Waals surface area contributed by atoms with Gasteiger partial charge in [-0.2, -0.15) is 0 Å². The minimum absolute atomic E-state index is 0. The van der Waals surface area contributed by atoms with E-state index >= 15 is 0 Å². The number of ether oxygens (including phenoxy) is 1. The van der Waals surface area contributed by atoms with Gasteiger partial charge in [0.1, 0.15) is 28.8 Å². The van der Waals surface area contributed by atoms with E-state index in [1.165, 1.54) is 35.7 Å². The number of hydrogen-bond acceptors (Lipinski definition) is 5. The van der Waals surface area contributed by atoms with E-state index in [1.807, 2.05) is 61.6 Å². The second kappa shape index (κ2) is 15.3. The Bertz CT molecular complexity index is 2090. The first kappa shape index (κ1) is 34.4. The average molecular weight is 683 g/mol. The van der Waals surface area contributed by atoms with Gasteiger partial charge in [-0.05, 0) is 60.1 Å². The Labute approximate surface area is 287 Å². The lowest BCUT2D eigenvalue weighted by Crippen LogP contribution is -2.22. The molecule has 0 unspecified atom stereocenters. The number of ketones is 1. The molecule has 0 aliphatic carbocycles. The Kier molecular flexibility index (Phi) is 11.0. The van der Waals surface area contributed by atoms with Crippen molar-refractivity contribution in [3.8, 4) is 16.2 Å². The molecule has 6 rings (SSSR count). The van der Waals surface area contributed by atoms with Crippen LogP contribution in [-0.2, 0) is 19.6 Å². The smallest absolute Gasteiger partial charge is 0.201 e. The number of aromatic nitrogens is 1. The largest absolute Gasteiger partial charge is 0.490 e. The molecule has 2 aromatic heterocycles. The fraction of sp³-hybridized carbons (Fsp3) is 0.128. The summed E-state index contributed by atoms with van der Waals surface area (Å²) in [7, 11) is 1.97. The lowest BCUT2D eigenvalue weighted by molar-refractivity contribution is 0.103. The number of pyridine rings is 1. The first-order chi connectivity index (χ1) is 22.8. The van der Waals surface area contributed by atoms with Gasteiger partial charge in [-0.25, -0.2) is 8.78 Å². The van der Waals surface area contributed by atoms with Gasteiger partial charge < -0.3 is 9.30 Å². The maximum atomic E-state index is 15.0. The zero-order valence-corrected chi connectivity index (χ0v) is 27.8. The summed E-state index contributed by atoms with van der Waals surface area (Å²) in [6.07, 6.45) is 3.11. The fourth-order valence-corrected chi connectivity index (χ4v) is 6.93. The van der Waals surface area contributed by atoms with Crippen LogP contribution in [0.5, 0.6) is 5.75 Å². The van der Waals surface area contributed by atoms with Crippen molar-refractivity contribution < 1.29 is 18.3 Å². The first-order valence-electron chi connectivity index (χ1n) is 15.1. The van der Waals surface area contributed by atoms with Crippen molar-refractivity contribution in [2.24, 2.45) is 0 Å². The molecular formula is C39H33ClF2N2O3S. The summed E-state index contributed by atoms with van der Waals surface area (Å²) in [4.78, 5) is 31.7. The highest BCUT2D eigenvalue weighted by Crippen LogP contribution is 2.39. The van der Waals surface area contributed by atoms with Crippen LogP contribution in [0, 0.1) is 11.6 Å². The Hall–Kier alpha value is -4.89. The van der Waals surface area contributed by atoms with Crippen LogP contribution in [0.4, 0.5) is 8.78 Å². The number of rotatable bonds is 12. The summed E-state index contributed by atoms with van der Waals surface area (Å²) < 4.78 is 37.3. The molecule has 244 valence electrons. The number of benzene rings is 4. The number of nitrogens with zero attached hydrogens (tertiary/aromatic N) is 2. The van der Waals surface area contributed by atoms with Gasteiger partial charge in [-0.3, -0.25) is 14.5 Å². The molecule has 0 amide bonds. The van der Waals surface area contributed by atoms with Crippen molar-refractivity contribution in [1.29, 1.82) is 0 Å². The highest BCUT2D eigenvalue weighted by molar-refractivity contribution is 7.22. The van der Waals surface area contributed by atoms with Gasteiger partial charge in [0.15, 0.2) is 5.78 Å². The molecule has 0 atom stereocenters. The Morgan fingerprint density at radius 3 is 2.17 bits per heavy atom. The van der Waals surface area contributed by atoms with Gasteiger partial charge in [-0.1, -0.05) is 79.4 Å². The molecule has 48 heavy (non-hydrogen) atoms. The number of carbonyl (C=O) groups is 1. The second-order valence-corrected chi connectivity index (χ2v) is 12.3. The van der Waals surface area contributed by atoms with Crippen LogP contribution >= 0.6 is 23.7 Å². The summed E-state index contributed by atoms with van der Waals surface area (Å²) in [5, 5.41) is 0.357. The maximum absolute atomic E-state index is 15.0. The zero-order chi connectivity index (χ0) is 32.9. The van der Waals surface area contributed by atoms with Crippen molar-refractivity contribution in [3.05, 3.63) is 172 Å². The third-order valence-corrected chi connectivity index (χ3v) is 9.20. The number of thiophene rings is 1. The van der Waals surface area contributed by atoms with E-state index in [0.717, 1.165) is 21.6 Å². The van der Waals surface area contributed by atoms with Gasteiger partial charge in [0.2, 0.25) is 5.43 Å². The SMILES string of the molecule is C=CCOc1ccc(-c2sc3c(c2CN(C)Cc2ccccc2)c(=O)c(C(=O)c2ccccc2)cn3Cc2c(F)cccc2F)cc1.Cl. The Morgan fingerprint density at radius 1 is 0.875 bits per heavy atom. The summed E-state index contributed by atoms with van der Waals surface area (Å²) >= 11 is 1.36. The van der Waals surface area contributed by atoms with E-state index in [0.29, 0.717) is 41.2 Å². The number of fused-ring (bicyclic) bond motifs is 1. The Balaban J connectivity index is 0.00000451. The molecule has 0 N–H and O–H groups in total. The number of carbonyl (C=O) groups excluding carboxylic acids is 1. The fourth-order valence-electron chi connectivity index (χ4n) is 5.64. The van der Waals surface area contributed by atoms with Crippen LogP contribution in [0.15, 0.2) is 127 Å². The molecule has 0 radical (unpaired) electrons. The predicted molar refractivity (Wildman–Crippen MR) is 191 cm³/mol. The van der Waals surface area contributed by atoms with E-state index < -0.39 is 22.8 Å². The molecule has 9 heteroatoms. The second-order valence-electron chi connectivity index (χ2n) is 11.3. The number of halogens is 3. The van der Waals surface area contributed by atoms with Crippen LogP contribution in [0.1, 0.15) is 32.6 Å². The number of hydrogen-bond donors (Lipinski definition) is 0. The van der Waals surface area contributed by atoms with Crippen molar-refractivity contribution in [2.75, 3.05) is 13.7 Å². The molecule has 0 saturated heterocycles. The minimum Gasteiger partial charge on any atom is -0.490 e. The quantitative estimate of drug-likeness (QED) is 0.0956. The predicted octanol–water partition coefficient (Wildman–Crippen LogP) is 8.91. The minimum atomic E-state index is -0.706. The average Bonchev–Trinajstić information content (AvgIpc) is 3.46. The molecule has 0 aliphatic rings. The van der Waals surface area contributed by atoms with E-state index in [4.69, 9.17) is 4.74 Å². The van der Waals surface area contributed by atoms with E-state index in [1.54, 1.807) is 41.0 Å². The standard InChI is InChI=1S/C39H32F2N2O3S.ClH/c1-3-21-46-29-19-17-28(18-20-29)38-31(23-42(2)22-26-11-6-4-7-12-26)35-37(45)32(36(44)27-13-8-5-9-14-27)25-43(39(35)47-38)24-30-33(40)15-10-16-34(30)41;/h3-20,25H,1,21-24H2,2H3;1H. The highest BCUT2D eigenvalue weighted by atomic mass is 35.5. The van der Waals surface area contributed by atoms with Gasteiger partial charge >= 0.3 is 0 Å². The third kappa shape index (κ3) is 7.31. The summed E-state index contributed by atoms with van der Waals surface area (Å²) in [5.41, 5.74) is 2.39. The Morgan fingerprint density at radius 2 is 1.52 bits per heavy atom. The van der Waals surface area contributed by atoms with E-state index in [-0.39, 0.29) is 30.1 Å². The van der Waals surface area contributed by atoms with E-state index in [9.17, 15) is 18.4 Å². The van der Waals surface area contributed by atoms with Crippen LogP contribution in [0.2, 0.25) is 0 Å². The molecule has 0 fully saturated rings. The van der Waals surface area contributed by atoms with Crippen LogP contribution in [0.3, 0.4) is 0 Å². The molecule has 5 nitrogen and oxygen atoms in total. The maximum Gasteiger partial charge on any atom is 0.201 e. The molecule has 0 spiro atoms. The van der Waals surface area contributed by atoms with Crippen LogP contribution < -0.4 is 10.2 Å². The van der Waals surface area contributed by atoms with Gasteiger partial charge in [-0.15, -0.1) is 23.7 Å². The normalized spacial score (nSPS) is 11.0. The third-order valence-electron chi connectivity index (χ3n) is 7.88. The van der Waals surface area contributed by atoms with Crippen LogP contribution in [0.25, 0.3) is 20.7 Å². The summed E-state index contributed by atoms with van der Waals surface area (Å²) in [6.45, 7) is 4.85. The molecular weight excluding hydrogens is 650 g/mol. The van der Waals surface area contributed by atoms with Crippen molar-refractivity contribution in [1.82, 2.24) is 9.47 Å². The summed E-state index contributed by atoms with van der Waals surface area (Å²) in [5.74, 6) is -1.20. The van der Waals surface area contributed by atoms with Gasteiger partial charge in [0.25, 0.3) is 0 Å². The van der Waals surface area contributed by atoms with Crippen LogP contribution in [-0.4, -0.2) is 28.9 Å². The highest BCUT2D eigenvalue weighted by Gasteiger charge is 2.25. The molecule has 6 aromatic rings. The van der Waals surface area contributed by atoms with Crippen molar-refractivity contribution >= 4 is 39.7 Å². The molecule has 0 bridgehead atoms. The molecule has 0 aliphatic heterocycles. The molecule has 4 aromatic carbocycles. The summed E-state index contributed by atoms with van der Waals surface area (Å²) in [6, 6.07) is 29.8. The lowest BCUT2D eigenvalue weighted by Gasteiger charge is -2.18. The topological polar surface area (TPSA) is 51.5 Å². The van der Waals surface area contributed by atoms with Gasteiger partial charge in [0.05, 0.1) is 17.5 Å². The van der Waals surface area contributed by atoms with Crippen molar-refractivity contribution in [3.63, 3.8) is 0 Å². The molecule has 0 saturated carbocycles. The lowest BCUT2D eigenvalue weighted by atomic mass is 10.0. The van der Waals surface area contributed by atoms with E-state index in [2.05, 4.69) is 11.5 Å². The first-order valence-corrected chi connectivity index (χ1v) is 15.9. The van der Waals surface area contributed by atoms with Crippen molar-refractivity contribution in [2.45, 2.75) is 19.6 Å². The zero-order valence-electron chi connectivity index (χ0n) is 26.2. The monoisotopic (exact) mass is 682 g/mol. The van der Waals surface area contributed by atoms with Gasteiger partial charge in [0, 0.05) is 35.3 Å².